The first kappa shape index (κ1) is 10.9. The fraction of sp³-hybridized carbons (Fsp3) is 0.250. The fourth-order valence-electron chi connectivity index (χ4n) is 1.43. The smallest absolute Gasteiger partial charge is 0.338 e. The Morgan fingerprint density at radius 2 is 2.29 bits per heavy atom. The summed E-state index contributed by atoms with van der Waals surface area (Å²) >= 11 is 0. The van der Waals surface area contributed by atoms with E-state index in [2.05, 4.69) is 20.3 Å². The van der Waals surface area contributed by atoms with Gasteiger partial charge in [0, 0.05) is 6.54 Å². The maximum atomic E-state index is 10.9. The van der Waals surface area contributed by atoms with E-state index in [4.69, 9.17) is 5.73 Å². The summed E-state index contributed by atoms with van der Waals surface area (Å²) in [7, 11) is 0. The molecule has 0 spiro atoms. The second-order valence-electron chi connectivity index (χ2n) is 3.15. The molecule has 2 rings (SSSR count). The standard InChI is InChI=1S/C8H9N7O2/c1-2-14-5(3-12-13-14)6-7(15(16)17)8(9)11-4-10-6/h3-4H,2H2,1H3,(H2,9,10,11). The summed E-state index contributed by atoms with van der Waals surface area (Å²) in [4.78, 5) is 17.8. The number of aryl methyl sites for hydroxylation is 1. The topological polar surface area (TPSA) is 126 Å². The predicted molar refractivity (Wildman–Crippen MR) is 57.8 cm³/mol. The number of nitro groups is 1. The second kappa shape index (κ2) is 4.12. The molecule has 0 fully saturated rings. The van der Waals surface area contributed by atoms with Crippen molar-refractivity contribution in [3.63, 3.8) is 0 Å². The Morgan fingerprint density at radius 3 is 2.94 bits per heavy atom. The van der Waals surface area contributed by atoms with Crippen molar-refractivity contribution in [1.82, 2.24) is 25.0 Å². The Hall–Kier alpha value is -2.58. The maximum absolute atomic E-state index is 10.9. The van der Waals surface area contributed by atoms with Crippen molar-refractivity contribution >= 4 is 11.5 Å². The zero-order valence-electron chi connectivity index (χ0n) is 8.94. The largest absolute Gasteiger partial charge is 0.378 e. The highest BCUT2D eigenvalue weighted by atomic mass is 16.6. The Morgan fingerprint density at radius 1 is 1.53 bits per heavy atom. The highest BCUT2D eigenvalue weighted by Gasteiger charge is 2.24. The average Bonchev–Trinajstić information content (AvgIpc) is 2.75. The molecule has 88 valence electrons. The first-order chi connectivity index (χ1) is 8.15. The van der Waals surface area contributed by atoms with E-state index in [9.17, 15) is 10.1 Å². The molecule has 2 aromatic rings. The highest BCUT2D eigenvalue weighted by Crippen LogP contribution is 2.30. The van der Waals surface area contributed by atoms with Crippen molar-refractivity contribution < 1.29 is 4.92 Å². The van der Waals surface area contributed by atoms with Gasteiger partial charge in [0.1, 0.15) is 12.0 Å². The van der Waals surface area contributed by atoms with Gasteiger partial charge in [0.2, 0.25) is 5.82 Å². The van der Waals surface area contributed by atoms with Gasteiger partial charge in [-0.2, -0.15) is 0 Å². The van der Waals surface area contributed by atoms with Gasteiger partial charge in [-0.15, -0.1) is 5.10 Å². The molecule has 0 unspecified atom stereocenters. The minimum Gasteiger partial charge on any atom is -0.378 e. The number of nitrogen functional groups attached to an aromatic ring is 1. The van der Waals surface area contributed by atoms with Gasteiger partial charge < -0.3 is 5.73 Å². The highest BCUT2D eigenvalue weighted by molar-refractivity contribution is 5.72. The van der Waals surface area contributed by atoms with Crippen molar-refractivity contribution in [3.8, 4) is 11.4 Å². The molecule has 0 aliphatic carbocycles. The quantitative estimate of drug-likeness (QED) is 0.596. The number of nitrogens with zero attached hydrogens (tertiary/aromatic N) is 6. The Labute approximate surface area is 95.4 Å². The monoisotopic (exact) mass is 235 g/mol. The van der Waals surface area contributed by atoms with Crippen LogP contribution in [-0.4, -0.2) is 29.9 Å². The van der Waals surface area contributed by atoms with Crippen LogP contribution in [0, 0.1) is 10.1 Å². The van der Waals surface area contributed by atoms with Gasteiger partial charge in [-0.05, 0) is 6.92 Å². The van der Waals surface area contributed by atoms with Crippen LogP contribution < -0.4 is 5.73 Å². The zero-order chi connectivity index (χ0) is 12.4. The molecule has 2 N–H and O–H groups in total. The van der Waals surface area contributed by atoms with Crippen LogP contribution in [-0.2, 0) is 6.54 Å². The molecular formula is C8H9N7O2. The molecule has 0 atom stereocenters. The summed E-state index contributed by atoms with van der Waals surface area (Å²) in [5.74, 6) is -0.177. The molecule has 17 heavy (non-hydrogen) atoms. The fourth-order valence-corrected chi connectivity index (χ4v) is 1.43. The third-order valence-electron chi connectivity index (χ3n) is 2.19. The van der Waals surface area contributed by atoms with E-state index in [0.29, 0.717) is 12.2 Å². The van der Waals surface area contributed by atoms with Gasteiger partial charge >= 0.3 is 5.69 Å². The van der Waals surface area contributed by atoms with Crippen molar-refractivity contribution in [1.29, 1.82) is 0 Å². The summed E-state index contributed by atoms with van der Waals surface area (Å²) < 4.78 is 1.49. The van der Waals surface area contributed by atoms with Gasteiger partial charge in [0.05, 0.1) is 11.1 Å². The molecule has 0 aromatic carbocycles. The normalized spacial score (nSPS) is 10.4. The Balaban J connectivity index is 2.67. The van der Waals surface area contributed by atoms with E-state index in [0.717, 1.165) is 0 Å². The molecule has 0 bridgehead atoms. The van der Waals surface area contributed by atoms with Gasteiger partial charge in [-0.3, -0.25) is 10.1 Å². The third-order valence-corrected chi connectivity index (χ3v) is 2.19. The molecule has 9 nitrogen and oxygen atoms in total. The van der Waals surface area contributed by atoms with Crippen LogP contribution >= 0.6 is 0 Å². The lowest BCUT2D eigenvalue weighted by Crippen LogP contribution is -2.06. The van der Waals surface area contributed by atoms with Crippen LogP contribution in [0.15, 0.2) is 12.5 Å². The Kier molecular flexibility index (Phi) is 2.65. The second-order valence-corrected chi connectivity index (χ2v) is 3.15. The number of nitrogens with two attached hydrogens (primary N) is 1. The van der Waals surface area contributed by atoms with Crippen molar-refractivity contribution in [3.05, 3.63) is 22.6 Å². The number of anilines is 1. The van der Waals surface area contributed by atoms with Crippen LogP contribution in [0.1, 0.15) is 6.92 Å². The summed E-state index contributed by atoms with van der Waals surface area (Å²) in [5, 5.41) is 18.4. The van der Waals surface area contributed by atoms with Crippen LogP contribution in [0.3, 0.4) is 0 Å². The van der Waals surface area contributed by atoms with E-state index >= 15 is 0 Å². The predicted octanol–water partition coefficient (Wildman–Crippen LogP) is 0.245. The molecule has 0 aliphatic heterocycles. The molecular weight excluding hydrogens is 226 g/mol. The molecule has 0 radical (unpaired) electrons. The SMILES string of the molecule is CCn1nncc1-c1ncnc(N)c1[N+](=O)[O-]. The number of hydrogen-bond donors (Lipinski definition) is 1. The number of rotatable bonds is 3. The summed E-state index contributed by atoms with van der Waals surface area (Å²) in [6.45, 7) is 2.37. The molecule has 9 heteroatoms. The molecule has 0 saturated carbocycles. The molecule has 2 heterocycles. The van der Waals surface area contributed by atoms with E-state index in [1.807, 2.05) is 6.92 Å². The summed E-state index contributed by atoms with van der Waals surface area (Å²) in [5.41, 5.74) is 5.71. The Bertz CT molecular complexity index is 565. The van der Waals surface area contributed by atoms with Crippen LogP contribution in [0.5, 0.6) is 0 Å². The molecule has 2 aromatic heterocycles. The van der Waals surface area contributed by atoms with Crippen molar-refractivity contribution in [2.75, 3.05) is 5.73 Å². The van der Waals surface area contributed by atoms with Gasteiger partial charge in [-0.25, -0.2) is 14.6 Å². The number of aromatic nitrogens is 5. The van der Waals surface area contributed by atoms with Crippen LogP contribution in [0.25, 0.3) is 11.4 Å². The van der Waals surface area contributed by atoms with Crippen molar-refractivity contribution in [2.45, 2.75) is 13.5 Å². The zero-order valence-corrected chi connectivity index (χ0v) is 8.94. The molecule has 0 amide bonds. The van der Waals surface area contributed by atoms with E-state index in [1.54, 1.807) is 0 Å². The lowest BCUT2D eigenvalue weighted by molar-refractivity contribution is -0.383. The first-order valence-corrected chi connectivity index (χ1v) is 4.78. The minimum absolute atomic E-state index is 0.120. The maximum Gasteiger partial charge on any atom is 0.338 e. The molecule has 0 aliphatic rings. The van der Waals surface area contributed by atoms with Crippen molar-refractivity contribution in [2.24, 2.45) is 0 Å². The average molecular weight is 235 g/mol. The van der Waals surface area contributed by atoms with Crippen LogP contribution in [0.4, 0.5) is 11.5 Å². The van der Waals surface area contributed by atoms with Gasteiger partial charge in [0.25, 0.3) is 0 Å². The lowest BCUT2D eigenvalue weighted by atomic mass is 10.2. The lowest BCUT2D eigenvalue weighted by Gasteiger charge is -2.04. The third kappa shape index (κ3) is 1.77. The van der Waals surface area contributed by atoms with Crippen LogP contribution in [0.2, 0.25) is 0 Å². The summed E-state index contributed by atoms with van der Waals surface area (Å²) in [6, 6.07) is 0. The minimum atomic E-state index is -0.613. The van der Waals surface area contributed by atoms with Gasteiger partial charge in [0.15, 0.2) is 5.69 Å². The van der Waals surface area contributed by atoms with E-state index < -0.39 is 4.92 Å². The first-order valence-electron chi connectivity index (χ1n) is 4.78. The van der Waals surface area contributed by atoms with E-state index in [-0.39, 0.29) is 17.2 Å². The van der Waals surface area contributed by atoms with Gasteiger partial charge in [-0.1, -0.05) is 5.21 Å². The summed E-state index contributed by atoms with van der Waals surface area (Å²) in [6.07, 6.45) is 2.57. The van der Waals surface area contributed by atoms with E-state index in [1.165, 1.54) is 17.2 Å². The number of hydrogen-bond acceptors (Lipinski definition) is 7. The molecule has 0 saturated heterocycles.